The van der Waals surface area contributed by atoms with E-state index in [1.807, 2.05) is 0 Å². The van der Waals surface area contributed by atoms with Gasteiger partial charge in [0.15, 0.2) is 0 Å². The number of hydrogen-bond acceptors (Lipinski definition) is 3. The fraction of sp³-hybridized carbons (Fsp3) is 1.00. The first kappa shape index (κ1) is 12.3. The zero-order valence-corrected chi connectivity index (χ0v) is 10.9. The average molecular weight is 225 g/mol. The van der Waals surface area contributed by atoms with Crippen molar-refractivity contribution in [3.8, 4) is 0 Å². The van der Waals surface area contributed by atoms with Crippen molar-refractivity contribution in [3.05, 3.63) is 0 Å². The molecule has 3 nitrogen and oxygen atoms in total. The van der Waals surface area contributed by atoms with Crippen LogP contribution >= 0.6 is 0 Å². The molecule has 0 radical (unpaired) electrons. The summed E-state index contributed by atoms with van der Waals surface area (Å²) in [6.45, 7) is 8.41. The first-order valence-corrected chi connectivity index (χ1v) is 6.95. The summed E-state index contributed by atoms with van der Waals surface area (Å²) >= 11 is 0. The predicted molar refractivity (Wildman–Crippen MR) is 68.8 cm³/mol. The third kappa shape index (κ3) is 3.19. The summed E-state index contributed by atoms with van der Waals surface area (Å²) in [5.74, 6) is 0. The largest absolute Gasteiger partial charge is 0.314 e. The van der Waals surface area contributed by atoms with Crippen molar-refractivity contribution < 1.29 is 0 Å². The van der Waals surface area contributed by atoms with Gasteiger partial charge in [-0.15, -0.1) is 0 Å². The molecule has 0 amide bonds. The predicted octanol–water partition coefficient (Wildman–Crippen LogP) is 1.15. The van der Waals surface area contributed by atoms with Crippen LogP contribution in [-0.4, -0.2) is 61.7 Å². The van der Waals surface area contributed by atoms with Gasteiger partial charge in [0.2, 0.25) is 0 Å². The Morgan fingerprint density at radius 2 is 1.88 bits per heavy atom. The molecule has 1 saturated carbocycles. The average Bonchev–Trinajstić information content (AvgIpc) is 2.31. The van der Waals surface area contributed by atoms with Crippen molar-refractivity contribution >= 4 is 0 Å². The number of nitrogens with zero attached hydrogens (tertiary/aromatic N) is 2. The van der Waals surface area contributed by atoms with E-state index in [4.69, 9.17) is 0 Å². The van der Waals surface area contributed by atoms with Crippen LogP contribution in [0, 0.1) is 0 Å². The standard InChI is InChI=1S/C13H27N3/c1-3-14-12-5-4-6-13(11-12)16-9-7-15(2)8-10-16/h12-14H,3-11H2,1-2H3/t12-,13-/m0/s1. The third-order valence-electron chi connectivity index (χ3n) is 4.19. The molecule has 1 aliphatic carbocycles. The summed E-state index contributed by atoms with van der Waals surface area (Å²) in [5.41, 5.74) is 0. The normalized spacial score (nSPS) is 34.1. The lowest BCUT2D eigenvalue weighted by atomic mass is 9.89. The van der Waals surface area contributed by atoms with E-state index in [1.165, 1.54) is 51.9 Å². The Bertz CT molecular complexity index is 197. The highest BCUT2D eigenvalue weighted by Crippen LogP contribution is 2.23. The summed E-state index contributed by atoms with van der Waals surface area (Å²) in [6, 6.07) is 1.63. The van der Waals surface area contributed by atoms with Crippen LogP contribution in [0.15, 0.2) is 0 Å². The maximum atomic E-state index is 3.63. The van der Waals surface area contributed by atoms with Crippen molar-refractivity contribution in [3.63, 3.8) is 0 Å². The minimum absolute atomic E-state index is 0.781. The molecule has 0 aromatic rings. The SMILES string of the molecule is CCN[C@H]1CCC[C@H](N2CCN(C)CC2)C1. The van der Waals surface area contributed by atoms with Crippen molar-refractivity contribution in [2.24, 2.45) is 0 Å². The summed E-state index contributed by atoms with van der Waals surface area (Å²) in [6.07, 6.45) is 5.59. The smallest absolute Gasteiger partial charge is 0.0113 e. The minimum atomic E-state index is 0.781. The van der Waals surface area contributed by atoms with E-state index >= 15 is 0 Å². The van der Waals surface area contributed by atoms with Gasteiger partial charge in [-0.25, -0.2) is 0 Å². The van der Waals surface area contributed by atoms with E-state index in [-0.39, 0.29) is 0 Å². The Kier molecular flexibility index (Phi) is 4.62. The molecule has 3 heteroatoms. The maximum absolute atomic E-state index is 3.63. The zero-order valence-electron chi connectivity index (χ0n) is 10.9. The monoisotopic (exact) mass is 225 g/mol. The first-order chi connectivity index (χ1) is 7.79. The van der Waals surface area contributed by atoms with Gasteiger partial charge in [0.25, 0.3) is 0 Å². The molecular weight excluding hydrogens is 198 g/mol. The van der Waals surface area contributed by atoms with Gasteiger partial charge in [0, 0.05) is 38.3 Å². The van der Waals surface area contributed by atoms with Crippen molar-refractivity contribution in [2.75, 3.05) is 39.8 Å². The van der Waals surface area contributed by atoms with Crippen LogP contribution in [-0.2, 0) is 0 Å². The van der Waals surface area contributed by atoms with Gasteiger partial charge in [0.1, 0.15) is 0 Å². The van der Waals surface area contributed by atoms with Crippen LogP contribution < -0.4 is 5.32 Å². The van der Waals surface area contributed by atoms with E-state index in [1.54, 1.807) is 0 Å². The number of rotatable bonds is 3. The Labute approximate surface area is 100 Å². The number of piperazine rings is 1. The van der Waals surface area contributed by atoms with Crippen LogP contribution in [0.2, 0.25) is 0 Å². The van der Waals surface area contributed by atoms with Gasteiger partial charge >= 0.3 is 0 Å². The van der Waals surface area contributed by atoms with E-state index in [9.17, 15) is 0 Å². The quantitative estimate of drug-likeness (QED) is 0.777. The molecule has 1 saturated heterocycles. The lowest BCUT2D eigenvalue weighted by molar-refractivity contribution is 0.0830. The summed E-state index contributed by atoms with van der Waals surface area (Å²) in [5, 5.41) is 3.63. The van der Waals surface area contributed by atoms with Crippen molar-refractivity contribution in [1.29, 1.82) is 0 Å². The third-order valence-corrected chi connectivity index (χ3v) is 4.19. The van der Waals surface area contributed by atoms with E-state index < -0.39 is 0 Å². The molecule has 1 N–H and O–H groups in total. The first-order valence-electron chi connectivity index (χ1n) is 6.95. The molecule has 2 fully saturated rings. The molecule has 16 heavy (non-hydrogen) atoms. The molecule has 2 aliphatic rings. The lowest BCUT2D eigenvalue weighted by Gasteiger charge is -2.41. The molecular formula is C13H27N3. The second kappa shape index (κ2) is 5.99. The van der Waals surface area contributed by atoms with Crippen LogP contribution in [0.3, 0.4) is 0 Å². The summed E-state index contributed by atoms with van der Waals surface area (Å²) in [4.78, 5) is 5.17. The Hall–Kier alpha value is -0.120. The van der Waals surface area contributed by atoms with Gasteiger partial charge in [-0.1, -0.05) is 13.3 Å². The van der Waals surface area contributed by atoms with Gasteiger partial charge < -0.3 is 10.2 Å². The lowest BCUT2D eigenvalue weighted by Crippen LogP contribution is -2.52. The second-order valence-electron chi connectivity index (χ2n) is 5.41. The molecule has 2 atom stereocenters. The van der Waals surface area contributed by atoms with Crippen molar-refractivity contribution in [2.45, 2.75) is 44.7 Å². The fourth-order valence-electron chi connectivity index (χ4n) is 3.16. The summed E-state index contributed by atoms with van der Waals surface area (Å²) < 4.78 is 0. The number of hydrogen-bond donors (Lipinski definition) is 1. The van der Waals surface area contributed by atoms with Crippen LogP contribution in [0.1, 0.15) is 32.6 Å². The van der Waals surface area contributed by atoms with E-state index in [0.29, 0.717) is 0 Å². The minimum Gasteiger partial charge on any atom is -0.314 e. The molecule has 2 rings (SSSR count). The van der Waals surface area contributed by atoms with Crippen LogP contribution in [0.5, 0.6) is 0 Å². The van der Waals surface area contributed by atoms with E-state index in [2.05, 4.69) is 29.1 Å². The number of nitrogens with one attached hydrogen (secondary N) is 1. The van der Waals surface area contributed by atoms with Crippen LogP contribution in [0.4, 0.5) is 0 Å². The molecule has 1 heterocycles. The molecule has 0 unspecified atom stereocenters. The number of likely N-dealkylation sites (N-methyl/N-ethyl adjacent to an activating group) is 1. The molecule has 1 aliphatic heterocycles. The fourth-order valence-corrected chi connectivity index (χ4v) is 3.16. The van der Waals surface area contributed by atoms with Gasteiger partial charge in [0.05, 0.1) is 0 Å². The molecule has 94 valence electrons. The van der Waals surface area contributed by atoms with Gasteiger partial charge in [-0.05, 0) is 32.9 Å². The summed E-state index contributed by atoms with van der Waals surface area (Å²) in [7, 11) is 2.24. The van der Waals surface area contributed by atoms with Gasteiger partial charge in [-0.3, -0.25) is 4.90 Å². The molecule has 0 bridgehead atoms. The highest BCUT2D eigenvalue weighted by molar-refractivity contribution is 4.85. The Morgan fingerprint density at radius 1 is 1.12 bits per heavy atom. The molecule has 0 aromatic heterocycles. The van der Waals surface area contributed by atoms with Gasteiger partial charge in [-0.2, -0.15) is 0 Å². The second-order valence-corrected chi connectivity index (χ2v) is 5.41. The molecule has 0 spiro atoms. The maximum Gasteiger partial charge on any atom is 0.0113 e. The Morgan fingerprint density at radius 3 is 2.56 bits per heavy atom. The molecule has 0 aromatic carbocycles. The highest BCUT2D eigenvalue weighted by Gasteiger charge is 2.27. The highest BCUT2D eigenvalue weighted by atomic mass is 15.3. The zero-order chi connectivity index (χ0) is 11.4. The topological polar surface area (TPSA) is 18.5 Å². The van der Waals surface area contributed by atoms with Crippen LogP contribution in [0.25, 0.3) is 0 Å². The van der Waals surface area contributed by atoms with E-state index in [0.717, 1.165) is 18.6 Å². The van der Waals surface area contributed by atoms with Crippen molar-refractivity contribution in [1.82, 2.24) is 15.1 Å². The Balaban J connectivity index is 1.80.